The van der Waals surface area contributed by atoms with Crippen LogP contribution in [0.1, 0.15) is 51.4 Å². The highest BCUT2D eigenvalue weighted by Crippen LogP contribution is 2.31. The number of nitrogens with zero attached hydrogens (tertiary/aromatic N) is 5. The molecule has 0 atom stereocenters. The zero-order valence-corrected chi connectivity index (χ0v) is 23.1. The molecule has 170 valence electrons. The first kappa shape index (κ1) is 25.1. The Hall–Kier alpha value is -0.580. The highest BCUT2D eigenvalue weighted by atomic mass is 79.9. The fraction of sp³-hybridized carbons (Fsp3) is 0.619. The fourth-order valence-electron chi connectivity index (χ4n) is 3.97. The van der Waals surface area contributed by atoms with Gasteiger partial charge in [0.25, 0.3) is 0 Å². The lowest BCUT2D eigenvalue weighted by Crippen LogP contribution is -2.30. The normalized spacial score (nSPS) is 16.8. The number of anilines is 2. The molecule has 2 fully saturated rings. The van der Waals surface area contributed by atoms with Crippen molar-refractivity contribution in [1.29, 1.82) is 0 Å². The first-order valence-electron chi connectivity index (χ1n) is 10.6. The Labute approximate surface area is 210 Å². The maximum absolute atomic E-state index is 4.57. The number of rotatable bonds is 6. The molecule has 2 heterocycles. The van der Waals surface area contributed by atoms with E-state index in [-0.39, 0.29) is 0 Å². The lowest BCUT2D eigenvalue weighted by molar-refractivity contribution is 0.640. The molecule has 10 heteroatoms. The molecule has 0 aromatic carbocycles. The molecule has 2 aliphatic rings. The van der Waals surface area contributed by atoms with Crippen molar-refractivity contribution in [2.75, 3.05) is 29.8 Å². The third-order valence-corrected chi connectivity index (χ3v) is 7.96. The third kappa shape index (κ3) is 7.20. The van der Waals surface area contributed by atoms with Gasteiger partial charge in [-0.05, 0) is 70.1 Å². The number of hydrogen-bond acceptors (Lipinski definition) is 8. The van der Waals surface area contributed by atoms with Gasteiger partial charge < -0.3 is 10.2 Å². The van der Waals surface area contributed by atoms with Crippen LogP contribution in [0.4, 0.5) is 11.6 Å². The van der Waals surface area contributed by atoms with Gasteiger partial charge >= 0.3 is 0 Å². The van der Waals surface area contributed by atoms with Crippen LogP contribution >= 0.6 is 55.4 Å². The van der Waals surface area contributed by atoms with E-state index in [0.29, 0.717) is 12.1 Å². The summed E-state index contributed by atoms with van der Waals surface area (Å²) >= 11 is 10.1. The highest BCUT2D eigenvalue weighted by molar-refractivity contribution is 9.11. The second-order valence-corrected chi connectivity index (χ2v) is 11.0. The second kappa shape index (κ2) is 12.6. The summed E-state index contributed by atoms with van der Waals surface area (Å²) in [5.74, 6) is 1.95. The van der Waals surface area contributed by atoms with Crippen molar-refractivity contribution in [2.24, 2.45) is 0 Å². The predicted octanol–water partition coefficient (Wildman–Crippen LogP) is 6.66. The minimum Gasteiger partial charge on any atom is -0.366 e. The molecule has 31 heavy (non-hydrogen) atoms. The van der Waals surface area contributed by atoms with Gasteiger partial charge in [-0.25, -0.2) is 19.9 Å². The molecule has 0 amide bonds. The predicted molar refractivity (Wildman–Crippen MR) is 140 cm³/mol. The molecule has 0 spiro atoms. The molecule has 0 saturated heterocycles. The van der Waals surface area contributed by atoms with Crippen LogP contribution in [-0.2, 0) is 0 Å². The minimum atomic E-state index is 0.589. The Balaban J connectivity index is 0.000000176. The number of aromatic nitrogens is 4. The quantitative estimate of drug-likeness (QED) is 0.296. The second-order valence-electron chi connectivity index (χ2n) is 7.76. The Morgan fingerprint density at radius 2 is 1.42 bits per heavy atom. The van der Waals surface area contributed by atoms with Gasteiger partial charge in [0.05, 0.1) is 8.95 Å². The van der Waals surface area contributed by atoms with E-state index in [1.54, 1.807) is 23.5 Å². The summed E-state index contributed by atoms with van der Waals surface area (Å²) in [5, 5.41) is 5.13. The van der Waals surface area contributed by atoms with Gasteiger partial charge in [-0.2, -0.15) is 0 Å². The Bertz CT molecular complexity index is 845. The molecule has 0 bridgehead atoms. The third-order valence-electron chi connectivity index (χ3n) is 5.69. The lowest BCUT2D eigenvalue weighted by atomic mass is 10.2. The van der Waals surface area contributed by atoms with E-state index in [1.807, 2.05) is 24.9 Å². The molecular formula is C21H30Br2N6S2. The number of hydrogen-bond donors (Lipinski definition) is 1. The van der Waals surface area contributed by atoms with E-state index >= 15 is 0 Å². The summed E-state index contributed by atoms with van der Waals surface area (Å²) in [6, 6.07) is 1.23. The number of nitrogens with one attached hydrogen (secondary N) is 1. The van der Waals surface area contributed by atoms with Crippen molar-refractivity contribution in [2.45, 2.75) is 73.8 Å². The van der Waals surface area contributed by atoms with Crippen LogP contribution in [-0.4, -0.2) is 51.6 Å². The highest BCUT2D eigenvalue weighted by Gasteiger charge is 2.22. The van der Waals surface area contributed by atoms with Crippen molar-refractivity contribution in [3.8, 4) is 0 Å². The van der Waals surface area contributed by atoms with Crippen LogP contribution in [0.15, 0.2) is 31.7 Å². The van der Waals surface area contributed by atoms with Crippen molar-refractivity contribution >= 4 is 67.0 Å². The average molecular weight is 590 g/mol. The van der Waals surface area contributed by atoms with E-state index in [2.05, 4.69) is 69.1 Å². The summed E-state index contributed by atoms with van der Waals surface area (Å²) in [4.78, 5) is 19.7. The standard InChI is InChI=1S/C11H16BrN3S.C10H14BrN3S/c1-15(8-5-3-4-6-8)10-9(12)7-13-11(14-10)16-2;1-15-10-12-6-8(11)9(14-10)13-7-4-2-3-5-7/h7-8H,3-6H2,1-2H3;6-7H,2-5H2,1H3,(H,12,13,14). The molecule has 4 rings (SSSR count). The van der Waals surface area contributed by atoms with Crippen LogP contribution < -0.4 is 10.2 Å². The smallest absolute Gasteiger partial charge is 0.189 e. The Morgan fingerprint density at radius 3 is 2.03 bits per heavy atom. The Morgan fingerprint density at radius 1 is 0.871 bits per heavy atom. The van der Waals surface area contributed by atoms with Crippen LogP contribution in [0.25, 0.3) is 0 Å². The fourth-order valence-corrected chi connectivity index (χ4v) is 5.42. The van der Waals surface area contributed by atoms with Gasteiger partial charge in [0, 0.05) is 31.5 Å². The summed E-state index contributed by atoms with van der Waals surface area (Å²) in [5.41, 5.74) is 0. The largest absolute Gasteiger partial charge is 0.366 e. The summed E-state index contributed by atoms with van der Waals surface area (Å²) in [7, 11) is 2.13. The van der Waals surface area contributed by atoms with E-state index < -0.39 is 0 Å². The van der Waals surface area contributed by atoms with Crippen LogP contribution in [0, 0.1) is 0 Å². The number of halogens is 2. The Kier molecular flexibility index (Phi) is 10.2. The minimum absolute atomic E-state index is 0.589. The van der Waals surface area contributed by atoms with Crippen molar-refractivity contribution in [3.63, 3.8) is 0 Å². The van der Waals surface area contributed by atoms with Gasteiger partial charge in [-0.1, -0.05) is 49.2 Å². The van der Waals surface area contributed by atoms with E-state index in [9.17, 15) is 0 Å². The molecule has 0 aliphatic heterocycles. The molecule has 2 aromatic heterocycles. The van der Waals surface area contributed by atoms with Crippen molar-refractivity contribution in [3.05, 3.63) is 21.3 Å². The summed E-state index contributed by atoms with van der Waals surface area (Å²) in [6.45, 7) is 0. The maximum atomic E-state index is 4.57. The van der Waals surface area contributed by atoms with E-state index in [1.165, 1.54) is 51.4 Å². The van der Waals surface area contributed by atoms with Crippen molar-refractivity contribution in [1.82, 2.24) is 19.9 Å². The van der Waals surface area contributed by atoms with E-state index in [4.69, 9.17) is 0 Å². The molecule has 1 N–H and O–H groups in total. The van der Waals surface area contributed by atoms with E-state index in [0.717, 1.165) is 30.9 Å². The molecule has 0 unspecified atom stereocenters. The van der Waals surface area contributed by atoms with Gasteiger partial charge in [-0.3, -0.25) is 0 Å². The van der Waals surface area contributed by atoms with Gasteiger partial charge in [-0.15, -0.1) is 0 Å². The molecule has 2 saturated carbocycles. The van der Waals surface area contributed by atoms with Gasteiger partial charge in [0.2, 0.25) is 0 Å². The molecule has 0 radical (unpaired) electrons. The molecular weight excluding hydrogens is 560 g/mol. The molecule has 6 nitrogen and oxygen atoms in total. The summed E-state index contributed by atoms with van der Waals surface area (Å²) in [6.07, 6.45) is 18.1. The van der Waals surface area contributed by atoms with Crippen LogP contribution in [0.3, 0.4) is 0 Å². The van der Waals surface area contributed by atoms with Crippen LogP contribution in [0.5, 0.6) is 0 Å². The first-order valence-corrected chi connectivity index (χ1v) is 14.7. The SMILES string of the molecule is CSc1ncc(Br)c(N(C)C2CCCC2)n1.CSc1ncc(Br)c(NC2CCCC2)n1. The van der Waals surface area contributed by atoms with Gasteiger partial charge in [0.15, 0.2) is 10.3 Å². The maximum Gasteiger partial charge on any atom is 0.189 e. The zero-order valence-electron chi connectivity index (χ0n) is 18.3. The van der Waals surface area contributed by atoms with Crippen molar-refractivity contribution < 1.29 is 0 Å². The molecule has 2 aromatic rings. The van der Waals surface area contributed by atoms with Crippen LogP contribution in [0.2, 0.25) is 0 Å². The summed E-state index contributed by atoms with van der Waals surface area (Å²) < 4.78 is 1.94. The topological polar surface area (TPSA) is 66.8 Å². The van der Waals surface area contributed by atoms with Gasteiger partial charge in [0.1, 0.15) is 11.6 Å². The first-order chi connectivity index (χ1) is 15.0. The molecule has 2 aliphatic carbocycles. The number of thioether (sulfide) groups is 2. The lowest BCUT2D eigenvalue weighted by Gasteiger charge is -2.26. The zero-order chi connectivity index (χ0) is 22.2. The average Bonchev–Trinajstić information content (AvgIpc) is 3.50. The monoisotopic (exact) mass is 588 g/mol.